The molecule has 0 radical (unpaired) electrons. The van der Waals surface area contributed by atoms with E-state index >= 15 is 0 Å². The first kappa shape index (κ1) is 21.1. The van der Waals surface area contributed by atoms with Gasteiger partial charge in [0.2, 0.25) is 0 Å². The van der Waals surface area contributed by atoms with Crippen molar-refractivity contribution in [2.24, 2.45) is 0 Å². The Labute approximate surface area is 176 Å². The van der Waals surface area contributed by atoms with E-state index in [4.69, 9.17) is 4.74 Å². The maximum absolute atomic E-state index is 12.6. The van der Waals surface area contributed by atoms with Gasteiger partial charge in [0, 0.05) is 5.56 Å². The fourth-order valence-corrected chi connectivity index (χ4v) is 3.20. The lowest BCUT2D eigenvalue weighted by Gasteiger charge is -2.19. The Kier molecular flexibility index (Phi) is 6.86. The van der Waals surface area contributed by atoms with Crippen LogP contribution in [0.25, 0.3) is 0 Å². The van der Waals surface area contributed by atoms with E-state index in [1.54, 1.807) is 36.4 Å². The van der Waals surface area contributed by atoms with E-state index < -0.39 is 0 Å². The second-order valence-corrected chi connectivity index (χ2v) is 7.04. The highest BCUT2D eigenvalue weighted by Crippen LogP contribution is 2.29. The normalized spacial score (nSPS) is 11.5. The molecule has 0 aliphatic carbocycles. The van der Waals surface area contributed by atoms with E-state index in [1.165, 1.54) is 13.0 Å². The standard InChI is InChI=1S/C25H25NO4/c1-3-8-23(18-9-5-4-6-10-18)30-20-15-13-19(14-16-20)25(29)26-22-12-7-11-21(17(2)27)24(22)28/h4-7,9-16,23,28H,3,8H2,1-2H3,(H,26,29). The smallest absolute Gasteiger partial charge is 0.255 e. The molecule has 0 saturated heterocycles. The topological polar surface area (TPSA) is 75.6 Å². The third-order valence-electron chi connectivity index (χ3n) is 4.78. The van der Waals surface area contributed by atoms with Crippen molar-refractivity contribution in [2.45, 2.75) is 32.8 Å². The van der Waals surface area contributed by atoms with Crippen molar-refractivity contribution in [3.63, 3.8) is 0 Å². The molecule has 3 aromatic carbocycles. The number of phenolic OH excluding ortho intramolecular Hbond substituents is 1. The lowest BCUT2D eigenvalue weighted by atomic mass is 10.1. The van der Waals surface area contributed by atoms with Gasteiger partial charge >= 0.3 is 0 Å². The van der Waals surface area contributed by atoms with Crippen LogP contribution in [0, 0.1) is 0 Å². The SMILES string of the molecule is CCCC(Oc1ccc(C(=O)Nc2cccc(C(C)=O)c2O)cc1)c1ccccc1. The van der Waals surface area contributed by atoms with Crippen molar-refractivity contribution in [1.29, 1.82) is 0 Å². The van der Waals surface area contributed by atoms with Crippen molar-refractivity contribution < 1.29 is 19.4 Å². The molecule has 1 unspecified atom stereocenters. The number of ether oxygens (including phenoxy) is 1. The summed E-state index contributed by atoms with van der Waals surface area (Å²) in [5.74, 6) is -0.213. The molecule has 0 aromatic heterocycles. The summed E-state index contributed by atoms with van der Waals surface area (Å²) in [6, 6.07) is 21.6. The van der Waals surface area contributed by atoms with Crippen LogP contribution >= 0.6 is 0 Å². The number of aromatic hydroxyl groups is 1. The third kappa shape index (κ3) is 5.06. The summed E-state index contributed by atoms with van der Waals surface area (Å²) < 4.78 is 6.15. The minimum atomic E-state index is -0.384. The minimum absolute atomic E-state index is 0.0536. The molecule has 30 heavy (non-hydrogen) atoms. The summed E-state index contributed by atoms with van der Waals surface area (Å²) >= 11 is 0. The molecular formula is C25H25NO4. The number of carbonyl (C=O) groups is 2. The highest BCUT2D eigenvalue weighted by Gasteiger charge is 2.15. The van der Waals surface area contributed by atoms with Gasteiger partial charge < -0.3 is 15.2 Å². The van der Waals surface area contributed by atoms with Crippen LogP contribution in [0.1, 0.15) is 59.1 Å². The quantitative estimate of drug-likeness (QED) is 0.370. The zero-order valence-electron chi connectivity index (χ0n) is 17.1. The first-order valence-electron chi connectivity index (χ1n) is 9.95. The predicted octanol–water partition coefficient (Wildman–Crippen LogP) is 5.77. The summed E-state index contributed by atoms with van der Waals surface area (Å²) in [7, 11) is 0. The van der Waals surface area contributed by atoms with Crippen LogP contribution in [-0.2, 0) is 0 Å². The third-order valence-corrected chi connectivity index (χ3v) is 4.78. The lowest BCUT2D eigenvalue weighted by Crippen LogP contribution is -2.13. The molecule has 1 atom stereocenters. The van der Waals surface area contributed by atoms with Crippen LogP contribution in [-0.4, -0.2) is 16.8 Å². The second-order valence-electron chi connectivity index (χ2n) is 7.04. The molecule has 0 aliphatic heterocycles. The number of anilines is 1. The number of phenols is 1. The van der Waals surface area contributed by atoms with Gasteiger partial charge in [0.15, 0.2) is 5.78 Å². The molecule has 3 rings (SSSR count). The average molecular weight is 403 g/mol. The van der Waals surface area contributed by atoms with E-state index in [0.717, 1.165) is 18.4 Å². The molecule has 0 fully saturated rings. The van der Waals surface area contributed by atoms with Gasteiger partial charge in [-0.1, -0.05) is 49.7 Å². The van der Waals surface area contributed by atoms with Gasteiger partial charge in [0.1, 0.15) is 17.6 Å². The van der Waals surface area contributed by atoms with Crippen molar-refractivity contribution in [2.75, 3.05) is 5.32 Å². The first-order chi connectivity index (χ1) is 14.5. The van der Waals surface area contributed by atoms with Crippen LogP contribution in [0.2, 0.25) is 0 Å². The number of rotatable bonds is 8. The van der Waals surface area contributed by atoms with Crippen LogP contribution in [0.3, 0.4) is 0 Å². The highest BCUT2D eigenvalue weighted by molar-refractivity contribution is 6.07. The maximum Gasteiger partial charge on any atom is 0.255 e. The van der Waals surface area contributed by atoms with Crippen molar-refractivity contribution in [1.82, 2.24) is 0 Å². The zero-order valence-corrected chi connectivity index (χ0v) is 17.1. The molecule has 1 amide bonds. The first-order valence-corrected chi connectivity index (χ1v) is 9.95. The number of hydrogen-bond acceptors (Lipinski definition) is 4. The van der Waals surface area contributed by atoms with Gasteiger partial charge in [0.05, 0.1) is 11.3 Å². The summed E-state index contributed by atoms with van der Waals surface area (Å²) in [4.78, 5) is 24.1. The Morgan fingerprint density at radius 1 is 0.967 bits per heavy atom. The molecule has 5 nitrogen and oxygen atoms in total. The molecule has 3 aromatic rings. The number of carbonyl (C=O) groups excluding carboxylic acids is 2. The molecule has 0 heterocycles. The maximum atomic E-state index is 12.6. The Morgan fingerprint density at radius 2 is 1.67 bits per heavy atom. The zero-order chi connectivity index (χ0) is 21.5. The van der Waals surface area contributed by atoms with Crippen LogP contribution < -0.4 is 10.1 Å². The van der Waals surface area contributed by atoms with Gasteiger partial charge in [0.25, 0.3) is 5.91 Å². The van der Waals surface area contributed by atoms with E-state index in [0.29, 0.717) is 11.3 Å². The van der Waals surface area contributed by atoms with Crippen LogP contribution in [0.5, 0.6) is 11.5 Å². The number of nitrogens with one attached hydrogen (secondary N) is 1. The fraction of sp³-hybridized carbons (Fsp3) is 0.200. The molecule has 0 bridgehead atoms. The molecule has 2 N–H and O–H groups in total. The summed E-state index contributed by atoms with van der Waals surface area (Å²) in [6.45, 7) is 3.48. The molecule has 0 saturated carbocycles. The van der Waals surface area contributed by atoms with Gasteiger partial charge in [-0.3, -0.25) is 9.59 Å². The van der Waals surface area contributed by atoms with Gasteiger partial charge in [-0.2, -0.15) is 0 Å². The predicted molar refractivity (Wildman–Crippen MR) is 117 cm³/mol. The number of benzene rings is 3. The summed E-state index contributed by atoms with van der Waals surface area (Å²) in [5.41, 5.74) is 1.89. The van der Waals surface area contributed by atoms with E-state index in [1.807, 2.05) is 30.3 Å². The Morgan fingerprint density at radius 3 is 2.30 bits per heavy atom. The van der Waals surface area contributed by atoms with E-state index in [-0.39, 0.29) is 34.8 Å². The highest BCUT2D eigenvalue weighted by atomic mass is 16.5. The Balaban J connectivity index is 1.71. The largest absolute Gasteiger partial charge is 0.505 e. The minimum Gasteiger partial charge on any atom is -0.505 e. The van der Waals surface area contributed by atoms with E-state index in [9.17, 15) is 14.7 Å². The fourth-order valence-electron chi connectivity index (χ4n) is 3.20. The Bertz CT molecular complexity index is 1010. The van der Waals surface area contributed by atoms with Crippen LogP contribution in [0.4, 0.5) is 5.69 Å². The Hall–Kier alpha value is -3.60. The number of Topliss-reactive ketones (excluding diaryl/α,β-unsaturated/α-hetero) is 1. The van der Waals surface area contributed by atoms with Crippen molar-refractivity contribution >= 4 is 17.4 Å². The lowest BCUT2D eigenvalue weighted by molar-refractivity contribution is 0.100. The average Bonchev–Trinajstić information content (AvgIpc) is 2.75. The second kappa shape index (κ2) is 9.74. The van der Waals surface area contributed by atoms with Gasteiger partial charge in [-0.25, -0.2) is 0 Å². The van der Waals surface area contributed by atoms with Gasteiger partial charge in [-0.05, 0) is 55.3 Å². The molecule has 5 heteroatoms. The van der Waals surface area contributed by atoms with Crippen molar-refractivity contribution in [3.05, 3.63) is 89.5 Å². The summed E-state index contributed by atoms with van der Waals surface area (Å²) in [5, 5.41) is 12.8. The number of amides is 1. The van der Waals surface area contributed by atoms with Crippen LogP contribution in [0.15, 0.2) is 72.8 Å². The molecule has 0 aliphatic rings. The van der Waals surface area contributed by atoms with E-state index in [2.05, 4.69) is 12.2 Å². The number of ketones is 1. The summed E-state index contributed by atoms with van der Waals surface area (Å²) in [6.07, 6.45) is 1.82. The van der Waals surface area contributed by atoms with Crippen molar-refractivity contribution in [3.8, 4) is 11.5 Å². The number of hydrogen-bond donors (Lipinski definition) is 2. The molecular weight excluding hydrogens is 378 g/mol. The number of para-hydroxylation sites is 1. The van der Waals surface area contributed by atoms with Gasteiger partial charge in [-0.15, -0.1) is 0 Å². The molecule has 0 spiro atoms. The monoisotopic (exact) mass is 403 g/mol. The molecule has 154 valence electrons.